The van der Waals surface area contributed by atoms with Crippen LogP contribution in [0.15, 0.2) is 67.3 Å². The Hall–Kier alpha value is -2.54. The van der Waals surface area contributed by atoms with Gasteiger partial charge in [0.25, 0.3) is 0 Å². The number of likely N-dealkylation sites (tertiary alicyclic amines) is 1. The predicted octanol–water partition coefficient (Wildman–Crippen LogP) is 3.63. The largest absolute Gasteiger partial charge is 0.383 e. The lowest BCUT2D eigenvalue weighted by Gasteiger charge is -2.34. The summed E-state index contributed by atoms with van der Waals surface area (Å²) in [5.41, 5.74) is 3.65. The van der Waals surface area contributed by atoms with Gasteiger partial charge in [-0.1, -0.05) is 18.2 Å². The minimum absolute atomic E-state index is 0.727. The van der Waals surface area contributed by atoms with Crippen molar-refractivity contribution in [3.63, 3.8) is 0 Å². The number of rotatable bonds is 10. The minimum Gasteiger partial charge on any atom is -0.383 e. The van der Waals surface area contributed by atoms with Crippen LogP contribution >= 0.6 is 0 Å². The topological polar surface area (TPSA) is 46.4 Å². The maximum Gasteiger partial charge on any atom is 0.0645 e. The predicted molar refractivity (Wildman–Crippen MR) is 123 cm³/mol. The molecule has 6 nitrogen and oxygen atoms in total. The Labute approximate surface area is 185 Å². The maximum absolute atomic E-state index is 5.24. The lowest BCUT2D eigenvalue weighted by molar-refractivity contribution is 0.104. The van der Waals surface area contributed by atoms with E-state index >= 15 is 0 Å². The third-order valence-electron chi connectivity index (χ3n) is 6.05. The number of hydrogen-bond donors (Lipinski definition) is 0. The molecule has 1 saturated heterocycles. The molecule has 164 valence electrons. The van der Waals surface area contributed by atoms with E-state index in [1.54, 1.807) is 7.11 Å². The Morgan fingerprint density at radius 1 is 1.00 bits per heavy atom. The highest BCUT2D eigenvalue weighted by atomic mass is 16.5. The lowest BCUT2D eigenvalue weighted by atomic mass is 9.96. The highest BCUT2D eigenvalue weighted by molar-refractivity contribution is 5.30. The average molecular weight is 420 g/mol. The lowest BCUT2D eigenvalue weighted by Crippen LogP contribution is -2.39. The second-order valence-corrected chi connectivity index (χ2v) is 8.43. The van der Waals surface area contributed by atoms with Crippen LogP contribution in [0.3, 0.4) is 0 Å². The number of piperidine rings is 1. The fraction of sp³-hybridized carbons (Fsp3) is 0.440. The molecule has 0 spiro atoms. The van der Waals surface area contributed by atoms with Crippen molar-refractivity contribution < 1.29 is 4.74 Å². The van der Waals surface area contributed by atoms with E-state index in [1.165, 1.54) is 37.1 Å². The van der Waals surface area contributed by atoms with Crippen molar-refractivity contribution >= 4 is 0 Å². The summed E-state index contributed by atoms with van der Waals surface area (Å²) in [6.07, 6.45) is 10.4. The first-order chi connectivity index (χ1) is 15.3. The summed E-state index contributed by atoms with van der Waals surface area (Å²) < 4.78 is 7.21. The van der Waals surface area contributed by atoms with Gasteiger partial charge in [-0.15, -0.1) is 0 Å². The van der Waals surface area contributed by atoms with E-state index in [2.05, 4.69) is 50.3 Å². The summed E-state index contributed by atoms with van der Waals surface area (Å²) in [6, 6.07) is 14.5. The third kappa shape index (κ3) is 6.47. The molecule has 3 aromatic rings. The van der Waals surface area contributed by atoms with Crippen LogP contribution < -0.4 is 0 Å². The average Bonchev–Trinajstić information content (AvgIpc) is 3.28. The first-order valence-electron chi connectivity index (χ1n) is 11.2. The first kappa shape index (κ1) is 21.7. The van der Waals surface area contributed by atoms with Crippen molar-refractivity contribution in [2.45, 2.75) is 25.9 Å². The van der Waals surface area contributed by atoms with Crippen molar-refractivity contribution in [1.29, 1.82) is 0 Å². The van der Waals surface area contributed by atoms with E-state index in [1.807, 2.05) is 41.5 Å². The highest BCUT2D eigenvalue weighted by Crippen LogP contribution is 2.21. The van der Waals surface area contributed by atoms with Gasteiger partial charge in [0, 0.05) is 57.4 Å². The molecule has 0 aliphatic carbocycles. The molecule has 6 heteroatoms. The number of para-hydroxylation sites is 1. The van der Waals surface area contributed by atoms with Crippen LogP contribution in [0.5, 0.6) is 0 Å². The Kier molecular flexibility index (Phi) is 7.82. The molecule has 4 rings (SSSR count). The number of nitrogens with zero attached hydrogens (tertiary/aromatic N) is 5. The molecule has 0 saturated carbocycles. The van der Waals surface area contributed by atoms with Crippen LogP contribution in [0.1, 0.15) is 24.0 Å². The van der Waals surface area contributed by atoms with E-state index < -0.39 is 0 Å². The fourth-order valence-electron chi connectivity index (χ4n) is 4.33. The molecule has 2 aromatic heterocycles. The SMILES string of the molecule is COCCN1CCC(CN(Cc2ccncc2)Cc2cnn(-c3ccccc3)c2)CC1. The Morgan fingerprint density at radius 2 is 1.74 bits per heavy atom. The van der Waals surface area contributed by atoms with Gasteiger partial charge in [-0.2, -0.15) is 5.10 Å². The van der Waals surface area contributed by atoms with Crippen LogP contribution in [0.4, 0.5) is 0 Å². The molecule has 0 bridgehead atoms. The molecular weight excluding hydrogens is 386 g/mol. The quantitative estimate of drug-likeness (QED) is 0.502. The molecule has 0 N–H and O–H groups in total. The molecule has 1 aliphatic heterocycles. The molecule has 0 radical (unpaired) electrons. The zero-order chi connectivity index (χ0) is 21.3. The number of methoxy groups -OCH3 is 1. The number of pyridine rings is 1. The molecule has 0 atom stereocenters. The summed E-state index contributed by atoms with van der Waals surface area (Å²) in [5, 5.41) is 4.59. The van der Waals surface area contributed by atoms with E-state index in [-0.39, 0.29) is 0 Å². The first-order valence-corrected chi connectivity index (χ1v) is 11.2. The Bertz CT molecular complexity index is 891. The van der Waals surface area contributed by atoms with Crippen LogP contribution in [0, 0.1) is 5.92 Å². The number of aromatic nitrogens is 3. The van der Waals surface area contributed by atoms with Crippen molar-refractivity contribution in [3.8, 4) is 5.69 Å². The van der Waals surface area contributed by atoms with Gasteiger partial charge in [-0.25, -0.2) is 4.68 Å². The van der Waals surface area contributed by atoms with E-state index in [0.29, 0.717) is 0 Å². The second-order valence-electron chi connectivity index (χ2n) is 8.43. The molecule has 1 aliphatic rings. The molecule has 0 amide bonds. The number of benzene rings is 1. The molecule has 31 heavy (non-hydrogen) atoms. The van der Waals surface area contributed by atoms with Gasteiger partial charge in [0.05, 0.1) is 18.5 Å². The van der Waals surface area contributed by atoms with Gasteiger partial charge in [-0.05, 0) is 61.7 Å². The monoisotopic (exact) mass is 419 g/mol. The van der Waals surface area contributed by atoms with Crippen molar-refractivity contribution in [2.24, 2.45) is 5.92 Å². The fourth-order valence-corrected chi connectivity index (χ4v) is 4.33. The van der Waals surface area contributed by atoms with E-state index in [9.17, 15) is 0 Å². The summed E-state index contributed by atoms with van der Waals surface area (Å²) in [6.45, 7) is 7.15. The van der Waals surface area contributed by atoms with Crippen molar-refractivity contribution in [2.75, 3.05) is 39.9 Å². The molecule has 3 heterocycles. The smallest absolute Gasteiger partial charge is 0.0645 e. The molecular formula is C25H33N5O. The summed E-state index contributed by atoms with van der Waals surface area (Å²) in [7, 11) is 1.78. The zero-order valence-corrected chi connectivity index (χ0v) is 18.4. The van der Waals surface area contributed by atoms with E-state index in [0.717, 1.165) is 44.4 Å². The summed E-state index contributed by atoms with van der Waals surface area (Å²) in [4.78, 5) is 9.27. The van der Waals surface area contributed by atoms with Crippen molar-refractivity contribution in [3.05, 3.63) is 78.4 Å². The molecule has 0 unspecified atom stereocenters. The van der Waals surface area contributed by atoms with Crippen LogP contribution in [0.2, 0.25) is 0 Å². The third-order valence-corrected chi connectivity index (χ3v) is 6.05. The van der Waals surface area contributed by atoms with Gasteiger partial charge in [0.15, 0.2) is 0 Å². The van der Waals surface area contributed by atoms with Gasteiger partial charge < -0.3 is 9.64 Å². The van der Waals surface area contributed by atoms with Gasteiger partial charge >= 0.3 is 0 Å². The van der Waals surface area contributed by atoms with Crippen molar-refractivity contribution in [1.82, 2.24) is 24.6 Å². The Balaban J connectivity index is 1.40. The van der Waals surface area contributed by atoms with Gasteiger partial charge in [-0.3, -0.25) is 9.88 Å². The second kappa shape index (κ2) is 11.2. The van der Waals surface area contributed by atoms with Crippen LogP contribution in [-0.2, 0) is 17.8 Å². The number of ether oxygens (including phenoxy) is 1. The molecule has 1 aromatic carbocycles. The standard InChI is InChI=1S/C25H33N5O/c1-31-16-15-28-13-9-23(10-14-28)19-29(18-22-7-11-26-12-8-22)20-24-17-27-30(21-24)25-5-3-2-4-6-25/h2-8,11-12,17,21,23H,9-10,13-16,18-20H2,1H3. The van der Waals surface area contributed by atoms with E-state index in [4.69, 9.17) is 4.74 Å². The maximum atomic E-state index is 5.24. The summed E-state index contributed by atoms with van der Waals surface area (Å²) in [5.74, 6) is 0.727. The normalized spacial score (nSPS) is 15.5. The van der Waals surface area contributed by atoms with Gasteiger partial charge in [0.2, 0.25) is 0 Å². The van der Waals surface area contributed by atoms with Gasteiger partial charge in [0.1, 0.15) is 0 Å². The number of hydrogen-bond acceptors (Lipinski definition) is 5. The highest BCUT2D eigenvalue weighted by Gasteiger charge is 2.22. The zero-order valence-electron chi connectivity index (χ0n) is 18.4. The summed E-state index contributed by atoms with van der Waals surface area (Å²) >= 11 is 0. The molecule has 1 fully saturated rings. The minimum atomic E-state index is 0.727. The Morgan fingerprint density at radius 3 is 2.48 bits per heavy atom. The van der Waals surface area contributed by atoms with Crippen LogP contribution in [-0.4, -0.2) is 64.5 Å². The van der Waals surface area contributed by atoms with Crippen LogP contribution in [0.25, 0.3) is 5.69 Å².